The fourth-order valence-electron chi connectivity index (χ4n) is 2.36. The number of fused-ring (bicyclic) bond motifs is 1. The largest absolute Gasteiger partial charge is 0.384 e. The molecule has 0 spiro atoms. The summed E-state index contributed by atoms with van der Waals surface area (Å²) < 4.78 is 4.92. The highest BCUT2D eigenvalue weighted by molar-refractivity contribution is 5.76. The van der Waals surface area contributed by atoms with Gasteiger partial charge in [0.15, 0.2) is 0 Å². The van der Waals surface area contributed by atoms with Crippen molar-refractivity contribution in [2.24, 2.45) is 0 Å². The van der Waals surface area contributed by atoms with Gasteiger partial charge in [-0.3, -0.25) is 4.79 Å². The summed E-state index contributed by atoms with van der Waals surface area (Å²) in [6, 6.07) is 0.0271. The Labute approximate surface area is 119 Å². The number of rotatable bonds is 5. The lowest BCUT2D eigenvalue weighted by molar-refractivity contribution is -0.122. The molecular formula is C14H22N4O2. The van der Waals surface area contributed by atoms with Gasteiger partial charge in [-0.2, -0.15) is 0 Å². The summed E-state index contributed by atoms with van der Waals surface area (Å²) in [7, 11) is 5.45. The van der Waals surface area contributed by atoms with Gasteiger partial charge in [-0.1, -0.05) is 0 Å². The predicted octanol–water partition coefficient (Wildman–Crippen LogP) is 1.07. The van der Waals surface area contributed by atoms with Crippen molar-refractivity contribution >= 4 is 11.9 Å². The standard InChI is InChI=1S/C14H22N4O2/c1-18(2)14-15-9-10-11(5-4-6-12(10)17-14)16-13(19)7-8-20-3/h9,11H,4-8H2,1-3H3,(H,16,19)/t11-/m0/s1. The third-order valence-corrected chi connectivity index (χ3v) is 3.44. The Kier molecular flexibility index (Phi) is 4.89. The second-order valence-electron chi connectivity index (χ2n) is 5.22. The summed E-state index contributed by atoms with van der Waals surface area (Å²) in [5, 5.41) is 3.05. The highest BCUT2D eigenvalue weighted by Gasteiger charge is 2.23. The molecule has 1 aliphatic rings. The molecule has 0 aromatic carbocycles. The highest BCUT2D eigenvalue weighted by Crippen LogP contribution is 2.28. The molecule has 1 aliphatic carbocycles. The maximum Gasteiger partial charge on any atom is 0.225 e. The molecule has 0 bridgehead atoms. The molecule has 0 fully saturated rings. The number of methoxy groups -OCH3 is 1. The molecule has 0 saturated carbocycles. The van der Waals surface area contributed by atoms with E-state index in [0.717, 1.165) is 36.5 Å². The molecule has 1 atom stereocenters. The fourth-order valence-corrected chi connectivity index (χ4v) is 2.36. The third kappa shape index (κ3) is 3.45. The van der Waals surface area contributed by atoms with Crippen LogP contribution in [0, 0.1) is 0 Å². The van der Waals surface area contributed by atoms with E-state index in [-0.39, 0.29) is 11.9 Å². The first-order valence-electron chi connectivity index (χ1n) is 6.93. The number of amides is 1. The van der Waals surface area contributed by atoms with E-state index < -0.39 is 0 Å². The van der Waals surface area contributed by atoms with Gasteiger partial charge in [0.2, 0.25) is 11.9 Å². The van der Waals surface area contributed by atoms with E-state index >= 15 is 0 Å². The number of hydrogen-bond donors (Lipinski definition) is 1. The first-order valence-corrected chi connectivity index (χ1v) is 6.93. The average molecular weight is 278 g/mol. The van der Waals surface area contributed by atoms with Gasteiger partial charge < -0.3 is 15.0 Å². The Morgan fingerprint density at radius 3 is 3.05 bits per heavy atom. The van der Waals surface area contributed by atoms with Gasteiger partial charge in [-0.25, -0.2) is 9.97 Å². The Morgan fingerprint density at radius 2 is 2.35 bits per heavy atom. The minimum absolute atomic E-state index is 0.0152. The van der Waals surface area contributed by atoms with Crippen LogP contribution in [-0.4, -0.2) is 43.7 Å². The molecule has 1 aromatic heterocycles. The SMILES string of the molecule is COCCC(=O)N[C@H]1CCCc2nc(N(C)C)ncc21. The number of anilines is 1. The molecule has 1 heterocycles. The first kappa shape index (κ1) is 14.7. The van der Waals surface area contributed by atoms with Crippen LogP contribution in [0.25, 0.3) is 0 Å². The lowest BCUT2D eigenvalue weighted by Crippen LogP contribution is -2.32. The summed E-state index contributed by atoms with van der Waals surface area (Å²) in [6.07, 6.45) is 5.16. The van der Waals surface area contributed by atoms with Gasteiger partial charge in [0.1, 0.15) is 0 Å². The average Bonchev–Trinajstić information content (AvgIpc) is 2.44. The van der Waals surface area contributed by atoms with Crippen molar-refractivity contribution in [2.75, 3.05) is 32.7 Å². The van der Waals surface area contributed by atoms with Crippen molar-refractivity contribution < 1.29 is 9.53 Å². The van der Waals surface area contributed by atoms with E-state index in [0.29, 0.717) is 13.0 Å². The Morgan fingerprint density at radius 1 is 1.55 bits per heavy atom. The smallest absolute Gasteiger partial charge is 0.225 e. The zero-order chi connectivity index (χ0) is 14.5. The zero-order valence-electron chi connectivity index (χ0n) is 12.3. The molecule has 0 aliphatic heterocycles. The van der Waals surface area contributed by atoms with Gasteiger partial charge in [0.25, 0.3) is 0 Å². The molecule has 20 heavy (non-hydrogen) atoms. The number of nitrogens with zero attached hydrogens (tertiary/aromatic N) is 3. The Balaban J connectivity index is 2.10. The summed E-state index contributed by atoms with van der Waals surface area (Å²) in [6.45, 7) is 0.446. The van der Waals surface area contributed by atoms with E-state index in [1.807, 2.05) is 25.2 Å². The van der Waals surface area contributed by atoms with Gasteiger partial charge in [-0.15, -0.1) is 0 Å². The van der Waals surface area contributed by atoms with Crippen molar-refractivity contribution in [1.29, 1.82) is 0 Å². The molecule has 6 nitrogen and oxygen atoms in total. The number of ether oxygens (including phenoxy) is 1. The molecule has 1 N–H and O–H groups in total. The molecule has 1 amide bonds. The van der Waals surface area contributed by atoms with Gasteiger partial charge >= 0.3 is 0 Å². The van der Waals surface area contributed by atoms with Gasteiger partial charge in [-0.05, 0) is 19.3 Å². The second-order valence-corrected chi connectivity index (χ2v) is 5.22. The van der Waals surface area contributed by atoms with Crippen molar-refractivity contribution in [1.82, 2.24) is 15.3 Å². The molecule has 0 saturated heterocycles. The van der Waals surface area contributed by atoms with E-state index in [1.54, 1.807) is 7.11 Å². The topological polar surface area (TPSA) is 67.3 Å². The number of nitrogens with one attached hydrogen (secondary N) is 1. The van der Waals surface area contributed by atoms with E-state index in [4.69, 9.17) is 4.74 Å². The zero-order valence-corrected chi connectivity index (χ0v) is 12.3. The number of carbonyl (C=O) groups is 1. The third-order valence-electron chi connectivity index (χ3n) is 3.44. The maximum absolute atomic E-state index is 11.8. The molecule has 6 heteroatoms. The lowest BCUT2D eigenvalue weighted by atomic mass is 9.92. The van der Waals surface area contributed by atoms with Crippen LogP contribution in [0.15, 0.2) is 6.20 Å². The normalized spacial score (nSPS) is 17.4. The molecule has 110 valence electrons. The number of hydrogen-bond acceptors (Lipinski definition) is 5. The van der Waals surface area contributed by atoms with Gasteiger partial charge in [0, 0.05) is 39.4 Å². The quantitative estimate of drug-likeness (QED) is 0.872. The highest BCUT2D eigenvalue weighted by atomic mass is 16.5. The van der Waals surface area contributed by atoms with Crippen LogP contribution in [-0.2, 0) is 16.0 Å². The number of carbonyl (C=O) groups excluding carboxylic acids is 1. The fraction of sp³-hybridized carbons (Fsp3) is 0.643. The molecule has 1 aromatic rings. The van der Waals surface area contributed by atoms with Crippen molar-refractivity contribution in [3.05, 3.63) is 17.5 Å². The summed E-state index contributed by atoms with van der Waals surface area (Å²) >= 11 is 0. The minimum atomic E-state index is 0.0152. The molecule has 2 rings (SSSR count). The van der Waals surface area contributed by atoms with E-state index in [1.165, 1.54) is 0 Å². The van der Waals surface area contributed by atoms with E-state index in [2.05, 4.69) is 15.3 Å². The van der Waals surface area contributed by atoms with E-state index in [9.17, 15) is 4.79 Å². The van der Waals surface area contributed by atoms with Crippen molar-refractivity contribution in [3.8, 4) is 0 Å². The predicted molar refractivity (Wildman–Crippen MR) is 76.7 cm³/mol. The monoisotopic (exact) mass is 278 g/mol. The summed E-state index contributed by atoms with van der Waals surface area (Å²) in [5.74, 6) is 0.733. The molecule has 0 unspecified atom stereocenters. The van der Waals surface area contributed by atoms with Crippen molar-refractivity contribution in [3.63, 3.8) is 0 Å². The van der Waals surface area contributed by atoms with Crippen LogP contribution in [0.3, 0.4) is 0 Å². The Bertz CT molecular complexity index is 476. The first-order chi connectivity index (χ1) is 9.61. The number of aromatic nitrogens is 2. The minimum Gasteiger partial charge on any atom is -0.384 e. The number of aryl methyl sites for hydroxylation is 1. The van der Waals surface area contributed by atoms with Crippen LogP contribution in [0.5, 0.6) is 0 Å². The molecular weight excluding hydrogens is 256 g/mol. The molecule has 0 radical (unpaired) electrons. The summed E-state index contributed by atoms with van der Waals surface area (Å²) in [5.41, 5.74) is 2.10. The van der Waals surface area contributed by atoms with Crippen molar-refractivity contribution in [2.45, 2.75) is 31.7 Å². The van der Waals surface area contributed by atoms with Crippen LogP contribution < -0.4 is 10.2 Å². The van der Waals surface area contributed by atoms with Gasteiger partial charge in [0.05, 0.1) is 18.3 Å². The Hall–Kier alpha value is -1.69. The van der Waals surface area contributed by atoms with Crippen LogP contribution in [0.2, 0.25) is 0 Å². The summed E-state index contributed by atoms with van der Waals surface area (Å²) in [4.78, 5) is 22.6. The second kappa shape index (κ2) is 6.65. The van der Waals surface area contributed by atoms with Crippen LogP contribution in [0.1, 0.15) is 36.6 Å². The van der Waals surface area contributed by atoms with Crippen LogP contribution >= 0.6 is 0 Å². The lowest BCUT2D eigenvalue weighted by Gasteiger charge is -2.26. The maximum atomic E-state index is 11.8. The van der Waals surface area contributed by atoms with Crippen LogP contribution in [0.4, 0.5) is 5.95 Å².